The largest absolute Gasteiger partial charge is 0.386 e. The van der Waals surface area contributed by atoms with Crippen molar-refractivity contribution in [2.75, 3.05) is 19.6 Å². The topological polar surface area (TPSA) is 49.5 Å². The van der Waals surface area contributed by atoms with E-state index in [1.165, 1.54) is 0 Å². The maximum absolute atomic E-state index is 11.0. The van der Waals surface area contributed by atoms with Gasteiger partial charge in [0.05, 0.1) is 5.60 Å². The lowest BCUT2D eigenvalue weighted by atomic mass is 9.49. The Kier molecular flexibility index (Phi) is 2.07. The quantitative estimate of drug-likeness (QED) is 0.697. The summed E-state index contributed by atoms with van der Waals surface area (Å²) >= 11 is 0. The van der Waals surface area contributed by atoms with Crippen molar-refractivity contribution >= 4 is 0 Å². The third kappa shape index (κ3) is 1.31. The van der Waals surface area contributed by atoms with Gasteiger partial charge in [-0.05, 0) is 50.1 Å². The highest BCUT2D eigenvalue weighted by atomic mass is 16.3. The minimum absolute atomic E-state index is 0.319. The van der Waals surface area contributed by atoms with Crippen molar-refractivity contribution in [3.8, 4) is 0 Å². The molecule has 4 aliphatic rings. The third-order valence-corrected chi connectivity index (χ3v) is 5.18. The Morgan fingerprint density at radius 2 is 1.75 bits per heavy atom. The summed E-state index contributed by atoms with van der Waals surface area (Å²) in [6.45, 7) is 7.63. The van der Waals surface area contributed by atoms with Gasteiger partial charge in [-0.2, -0.15) is 0 Å². The molecule has 4 fully saturated rings. The van der Waals surface area contributed by atoms with E-state index in [0.29, 0.717) is 11.3 Å². The molecule has 1 aliphatic carbocycles. The molecule has 0 aromatic carbocycles. The Labute approximate surface area is 98.0 Å². The standard InChI is InChI=1S/C13H24N2O/c1-11(2)7-12(14,8-11)13(16)9-15-5-3-10(13)4-6-15/h10,16H,3-9,14H2,1-2H3. The van der Waals surface area contributed by atoms with Crippen LogP contribution in [0.3, 0.4) is 0 Å². The second-order valence-corrected chi connectivity index (χ2v) is 7.15. The molecule has 3 saturated heterocycles. The van der Waals surface area contributed by atoms with Crippen molar-refractivity contribution in [1.82, 2.24) is 4.90 Å². The molecule has 2 bridgehead atoms. The minimum atomic E-state index is -0.612. The van der Waals surface area contributed by atoms with Crippen LogP contribution < -0.4 is 5.73 Å². The number of nitrogens with zero attached hydrogens (tertiary/aromatic N) is 1. The van der Waals surface area contributed by atoms with Crippen molar-refractivity contribution < 1.29 is 5.11 Å². The summed E-state index contributed by atoms with van der Waals surface area (Å²) < 4.78 is 0. The molecule has 3 heterocycles. The molecule has 0 aromatic rings. The highest BCUT2D eigenvalue weighted by Gasteiger charge is 2.63. The summed E-state index contributed by atoms with van der Waals surface area (Å²) in [7, 11) is 0. The molecule has 3 heteroatoms. The minimum Gasteiger partial charge on any atom is -0.386 e. The van der Waals surface area contributed by atoms with E-state index >= 15 is 0 Å². The van der Waals surface area contributed by atoms with Gasteiger partial charge in [0.15, 0.2) is 0 Å². The van der Waals surface area contributed by atoms with Crippen LogP contribution in [0.2, 0.25) is 0 Å². The van der Waals surface area contributed by atoms with E-state index in [1.54, 1.807) is 0 Å². The fourth-order valence-corrected chi connectivity index (χ4v) is 4.56. The van der Waals surface area contributed by atoms with Crippen LogP contribution in [-0.2, 0) is 0 Å². The van der Waals surface area contributed by atoms with Crippen LogP contribution in [0, 0.1) is 11.3 Å². The molecule has 1 atom stereocenters. The zero-order valence-electron chi connectivity index (χ0n) is 10.5. The van der Waals surface area contributed by atoms with Crippen molar-refractivity contribution in [3.63, 3.8) is 0 Å². The van der Waals surface area contributed by atoms with Gasteiger partial charge in [0.1, 0.15) is 0 Å². The molecule has 16 heavy (non-hydrogen) atoms. The highest BCUT2D eigenvalue weighted by Crippen LogP contribution is 2.56. The lowest BCUT2D eigenvalue weighted by Gasteiger charge is -2.65. The van der Waals surface area contributed by atoms with E-state index in [2.05, 4.69) is 18.7 Å². The Balaban J connectivity index is 1.84. The van der Waals surface area contributed by atoms with Crippen LogP contribution >= 0.6 is 0 Å². The highest BCUT2D eigenvalue weighted by molar-refractivity contribution is 5.19. The van der Waals surface area contributed by atoms with Gasteiger partial charge in [-0.1, -0.05) is 13.8 Å². The van der Waals surface area contributed by atoms with Crippen molar-refractivity contribution in [2.45, 2.75) is 50.7 Å². The molecule has 1 unspecified atom stereocenters. The molecule has 0 amide bonds. The number of aliphatic hydroxyl groups is 1. The van der Waals surface area contributed by atoms with Crippen molar-refractivity contribution in [2.24, 2.45) is 17.1 Å². The summed E-state index contributed by atoms with van der Waals surface area (Å²) in [5.74, 6) is 0.443. The Morgan fingerprint density at radius 1 is 1.19 bits per heavy atom. The number of rotatable bonds is 1. The normalized spacial score (nSPS) is 48.8. The van der Waals surface area contributed by atoms with Crippen LogP contribution in [0.1, 0.15) is 39.5 Å². The first kappa shape index (κ1) is 11.0. The average molecular weight is 224 g/mol. The zero-order chi connectivity index (χ0) is 11.6. The van der Waals surface area contributed by atoms with E-state index in [9.17, 15) is 5.11 Å². The van der Waals surface area contributed by atoms with Crippen LogP contribution in [0.5, 0.6) is 0 Å². The summed E-state index contributed by atoms with van der Waals surface area (Å²) in [5.41, 5.74) is 5.90. The van der Waals surface area contributed by atoms with Crippen LogP contribution in [0.25, 0.3) is 0 Å². The first-order valence-electron chi connectivity index (χ1n) is 6.58. The van der Waals surface area contributed by atoms with E-state index < -0.39 is 5.60 Å². The van der Waals surface area contributed by atoms with Gasteiger partial charge in [0, 0.05) is 12.1 Å². The monoisotopic (exact) mass is 224 g/mol. The molecular weight excluding hydrogens is 200 g/mol. The van der Waals surface area contributed by atoms with Gasteiger partial charge in [0.2, 0.25) is 0 Å². The third-order valence-electron chi connectivity index (χ3n) is 5.18. The molecule has 1 saturated carbocycles. The average Bonchev–Trinajstić information content (AvgIpc) is 2.15. The van der Waals surface area contributed by atoms with Crippen LogP contribution in [-0.4, -0.2) is 40.8 Å². The molecule has 3 aliphatic heterocycles. The van der Waals surface area contributed by atoms with Crippen LogP contribution in [0.15, 0.2) is 0 Å². The fraction of sp³-hybridized carbons (Fsp3) is 1.00. The molecule has 4 rings (SSSR count). The Morgan fingerprint density at radius 3 is 2.12 bits per heavy atom. The summed E-state index contributed by atoms with van der Waals surface area (Å²) in [6, 6.07) is 0. The molecule has 0 spiro atoms. The number of nitrogens with two attached hydrogens (primary N) is 1. The molecular formula is C13H24N2O. The molecule has 92 valence electrons. The molecule has 0 radical (unpaired) electrons. The van der Waals surface area contributed by atoms with Gasteiger partial charge < -0.3 is 15.7 Å². The molecule has 0 aromatic heterocycles. The van der Waals surface area contributed by atoms with Gasteiger partial charge in [-0.3, -0.25) is 0 Å². The lowest BCUT2D eigenvalue weighted by Crippen LogP contribution is -2.78. The van der Waals surface area contributed by atoms with Crippen molar-refractivity contribution in [3.05, 3.63) is 0 Å². The number of fused-ring (bicyclic) bond motifs is 3. The predicted octanol–water partition coefficient (Wildman–Crippen LogP) is 0.961. The van der Waals surface area contributed by atoms with E-state index in [4.69, 9.17) is 5.73 Å². The van der Waals surface area contributed by atoms with E-state index in [-0.39, 0.29) is 5.54 Å². The Bertz CT molecular complexity index is 299. The summed E-state index contributed by atoms with van der Waals surface area (Å²) in [4.78, 5) is 2.39. The first-order chi connectivity index (χ1) is 7.35. The number of hydrogen-bond donors (Lipinski definition) is 2. The van der Waals surface area contributed by atoms with Gasteiger partial charge in [-0.15, -0.1) is 0 Å². The Hall–Kier alpha value is -0.120. The summed E-state index contributed by atoms with van der Waals surface area (Å²) in [6.07, 6.45) is 4.22. The maximum Gasteiger partial charge on any atom is 0.0981 e. The second kappa shape index (κ2) is 3.01. The smallest absolute Gasteiger partial charge is 0.0981 e. The predicted molar refractivity (Wildman–Crippen MR) is 64.0 cm³/mol. The van der Waals surface area contributed by atoms with Gasteiger partial charge in [-0.25, -0.2) is 0 Å². The van der Waals surface area contributed by atoms with Gasteiger partial charge >= 0.3 is 0 Å². The van der Waals surface area contributed by atoms with E-state index in [0.717, 1.165) is 45.3 Å². The van der Waals surface area contributed by atoms with E-state index in [1.807, 2.05) is 0 Å². The zero-order valence-corrected chi connectivity index (χ0v) is 10.5. The summed E-state index contributed by atoms with van der Waals surface area (Å²) in [5, 5.41) is 11.0. The number of hydrogen-bond acceptors (Lipinski definition) is 3. The maximum atomic E-state index is 11.0. The molecule has 3 N–H and O–H groups in total. The SMILES string of the molecule is CC1(C)CC(N)(C2(O)CN3CCC2CC3)C1. The van der Waals surface area contributed by atoms with Gasteiger partial charge in [0.25, 0.3) is 0 Å². The second-order valence-electron chi connectivity index (χ2n) is 7.15. The number of piperidine rings is 3. The van der Waals surface area contributed by atoms with Crippen LogP contribution in [0.4, 0.5) is 0 Å². The lowest BCUT2D eigenvalue weighted by molar-refractivity contribution is -0.197. The van der Waals surface area contributed by atoms with Crippen molar-refractivity contribution in [1.29, 1.82) is 0 Å². The fourth-order valence-electron chi connectivity index (χ4n) is 4.56. The first-order valence-corrected chi connectivity index (χ1v) is 6.58. The molecule has 3 nitrogen and oxygen atoms in total.